The van der Waals surface area contributed by atoms with Gasteiger partial charge in [-0.25, -0.2) is 0 Å². The molecular formula is C10H12ClNO. The van der Waals surface area contributed by atoms with Crippen LogP contribution in [-0.4, -0.2) is 12.5 Å². The first-order valence-corrected chi connectivity index (χ1v) is 4.50. The molecule has 3 heteroatoms. The van der Waals surface area contributed by atoms with Gasteiger partial charge < -0.3 is 4.74 Å². The third-order valence-corrected chi connectivity index (χ3v) is 1.97. The minimum atomic E-state index is 0.132. The molecule has 0 spiro atoms. The fourth-order valence-electron chi connectivity index (χ4n) is 1.03. The van der Waals surface area contributed by atoms with Crippen LogP contribution in [0, 0.1) is 12.3 Å². The summed E-state index contributed by atoms with van der Waals surface area (Å²) in [6.45, 7) is 4.29. The lowest BCUT2D eigenvalue weighted by molar-refractivity contribution is 0.325. The van der Waals surface area contributed by atoms with Crippen molar-refractivity contribution in [1.82, 2.24) is 0 Å². The SMILES string of the molecule is CCOC(=N)c1ccc(C)cc1Cl. The second kappa shape index (κ2) is 4.28. The molecule has 0 atom stereocenters. The molecule has 0 unspecified atom stereocenters. The molecule has 0 fully saturated rings. The Morgan fingerprint density at radius 1 is 1.54 bits per heavy atom. The van der Waals surface area contributed by atoms with Gasteiger partial charge in [0.1, 0.15) is 0 Å². The van der Waals surface area contributed by atoms with Crippen LogP contribution in [0.3, 0.4) is 0 Å². The number of nitrogens with one attached hydrogen (secondary N) is 1. The van der Waals surface area contributed by atoms with Gasteiger partial charge in [-0.2, -0.15) is 0 Å². The van der Waals surface area contributed by atoms with Crippen LogP contribution in [-0.2, 0) is 4.74 Å². The highest BCUT2D eigenvalue weighted by molar-refractivity contribution is 6.33. The highest BCUT2D eigenvalue weighted by Gasteiger charge is 2.06. The Balaban J connectivity index is 2.95. The minimum absolute atomic E-state index is 0.132. The smallest absolute Gasteiger partial charge is 0.214 e. The van der Waals surface area contributed by atoms with Crippen molar-refractivity contribution in [2.45, 2.75) is 13.8 Å². The molecule has 70 valence electrons. The van der Waals surface area contributed by atoms with Crippen LogP contribution in [0.15, 0.2) is 18.2 Å². The average molecular weight is 198 g/mol. The van der Waals surface area contributed by atoms with Gasteiger partial charge in [-0.1, -0.05) is 17.7 Å². The summed E-state index contributed by atoms with van der Waals surface area (Å²) in [5, 5.41) is 8.10. The van der Waals surface area contributed by atoms with E-state index in [1.165, 1.54) is 0 Å². The van der Waals surface area contributed by atoms with E-state index in [0.29, 0.717) is 17.2 Å². The van der Waals surface area contributed by atoms with E-state index in [9.17, 15) is 0 Å². The van der Waals surface area contributed by atoms with Gasteiger partial charge in [0.2, 0.25) is 5.90 Å². The van der Waals surface area contributed by atoms with Crippen molar-refractivity contribution in [2.24, 2.45) is 0 Å². The van der Waals surface area contributed by atoms with Gasteiger partial charge in [-0.15, -0.1) is 0 Å². The van der Waals surface area contributed by atoms with Crippen LogP contribution in [0.1, 0.15) is 18.1 Å². The molecule has 0 saturated heterocycles. The highest BCUT2D eigenvalue weighted by Crippen LogP contribution is 2.18. The zero-order valence-electron chi connectivity index (χ0n) is 7.73. The lowest BCUT2D eigenvalue weighted by Crippen LogP contribution is -2.05. The van der Waals surface area contributed by atoms with Crippen LogP contribution in [0.5, 0.6) is 0 Å². The monoisotopic (exact) mass is 197 g/mol. The van der Waals surface area contributed by atoms with E-state index in [1.807, 2.05) is 26.0 Å². The van der Waals surface area contributed by atoms with E-state index in [2.05, 4.69) is 0 Å². The van der Waals surface area contributed by atoms with Crippen molar-refractivity contribution in [3.63, 3.8) is 0 Å². The van der Waals surface area contributed by atoms with Crippen LogP contribution in [0.2, 0.25) is 5.02 Å². The number of halogens is 1. The summed E-state index contributed by atoms with van der Waals surface area (Å²) in [6.07, 6.45) is 0. The summed E-state index contributed by atoms with van der Waals surface area (Å²) in [5.41, 5.74) is 1.73. The predicted octanol–water partition coefficient (Wildman–Crippen LogP) is 3.01. The summed E-state index contributed by atoms with van der Waals surface area (Å²) in [5.74, 6) is 0.132. The minimum Gasteiger partial charge on any atom is -0.478 e. The molecule has 0 bridgehead atoms. The first kappa shape index (κ1) is 10.1. The van der Waals surface area contributed by atoms with Crippen LogP contribution in [0.4, 0.5) is 0 Å². The van der Waals surface area contributed by atoms with E-state index >= 15 is 0 Å². The fraction of sp³-hybridized carbons (Fsp3) is 0.300. The van der Waals surface area contributed by atoms with Crippen LogP contribution in [0.25, 0.3) is 0 Å². The van der Waals surface area contributed by atoms with Crippen molar-refractivity contribution in [3.8, 4) is 0 Å². The summed E-state index contributed by atoms with van der Waals surface area (Å²) in [4.78, 5) is 0. The van der Waals surface area contributed by atoms with Crippen molar-refractivity contribution in [1.29, 1.82) is 5.41 Å². The quantitative estimate of drug-likeness (QED) is 0.574. The van der Waals surface area contributed by atoms with E-state index in [4.69, 9.17) is 21.7 Å². The lowest BCUT2D eigenvalue weighted by Gasteiger charge is -2.06. The molecule has 0 aliphatic carbocycles. The molecule has 1 aromatic rings. The Hall–Kier alpha value is -1.02. The lowest BCUT2D eigenvalue weighted by atomic mass is 10.1. The normalized spacial score (nSPS) is 9.77. The first-order valence-electron chi connectivity index (χ1n) is 4.13. The maximum Gasteiger partial charge on any atom is 0.214 e. The summed E-state index contributed by atoms with van der Waals surface area (Å²) >= 11 is 5.94. The van der Waals surface area contributed by atoms with Crippen molar-refractivity contribution in [3.05, 3.63) is 34.3 Å². The van der Waals surface area contributed by atoms with Gasteiger partial charge in [0.05, 0.1) is 17.2 Å². The molecule has 1 rings (SSSR count). The Bertz CT molecular complexity index is 323. The summed E-state index contributed by atoms with van der Waals surface area (Å²) in [7, 11) is 0. The van der Waals surface area contributed by atoms with Crippen molar-refractivity contribution < 1.29 is 4.74 Å². The van der Waals surface area contributed by atoms with Crippen LogP contribution < -0.4 is 0 Å². The molecule has 1 aromatic carbocycles. The van der Waals surface area contributed by atoms with E-state index in [-0.39, 0.29) is 5.90 Å². The molecule has 0 aliphatic heterocycles. The van der Waals surface area contributed by atoms with E-state index in [0.717, 1.165) is 5.56 Å². The van der Waals surface area contributed by atoms with Gasteiger partial charge in [0.15, 0.2) is 0 Å². The standard InChI is InChI=1S/C10H12ClNO/c1-3-13-10(12)8-5-4-7(2)6-9(8)11/h4-6,12H,3H2,1-2H3. The molecule has 0 saturated carbocycles. The fourth-order valence-corrected chi connectivity index (χ4v) is 1.35. The second-order valence-electron chi connectivity index (χ2n) is 2.75. The molecular weight excluding hydrogens is 186 g/mol. The van der Waals surface area contributed by atoms with Crippen molar-refractivity contribution in [2.75, 3.05) is 6.61 Å². The second-order valence-corrected chi connectivity index (χ2v) is 3.15. The molecule has 0 radical (unpaired) electrons. The number of aryl methyl sites for hydroxylation is 1. The third-order valence-electron chi connectivity index (χ3n) is 1.66. The van der Waals surface area contributed by atoms with Gasteiger partial charge in [-0.3, -0.25) is 5.41 Å². The zero-order valence-corrected chi connectivity index (χ0v) is 8.48. The first-order chi connectivity index (χ1) is 6.15. The zero-order chi connectivity index (χ0) is 9.84. The number of hydrogen-bond donors (Lipinski definition) is 1. The molecule has 13 heavy (non-hydrogen) atoms. The van der Waals surface area contributed by atoms with E-state index < -0.39 is 0 Å². The summed E-state index contributed by atoms with van der Waals surface area (Å²) in [6, 6.07) is 5.54. The van der Waals surface area contributed by atoms with Gasteiger partial charge in [-0.05, 0) is 31.5 Å². The van der Waals surface area contributed by atoms with E-state index in [1.54, 1.807) is 6.07 Å². The number of hydrogen-bond acceptors (Lipinski definition) is 2. The Kier molecular flexibility index (Phi) is 3.32. The number of rotatable bonds is 2. The Morgan fingerprint density at radius 2 is 2.23 bits per heavy atom. The molecule has 0 amide bonds. The summed E-state index contributed by atoms with van der Waals surface area (Å²) < 4.78 is 5.05. The van der Waals surface area contributed by atoms with Gasteiger partial charge in [0.25, 0.3) is 0 Å². The Morgan fingerprint density at radius 3 is 2.77 bits per heavy atom. The highest BCUT2D eigenvalue weighted by atomic mass is 35.5. The third kappa shape index (κ3) is 2.46. The largest absolute Gasteiger partial charge is 0.478 e. The van der Waals surface area contributed by atoms with Gasteiger partial charge in [0, 0.05) is 0 Å². The molecule has 0 heterocycles. The number of ether oxygens (including phenoxy) is 1. The Labute approximate surface area is 83.0 Å². The van der Waals surface area contributed by atoms with Crippen LogP contribution >= 0.6 is 11.6 Å². The predicted molar refractivity (Wildman–Crippen MR) is 54.6 cm³/mol. The topological polar surface area (TPSA) is 33.1 Å². The maximum absolute atomic E-state index is 7.53. The number of benzene rings is 1. The maximum atomic E-state index is 7.53. The van der Waals surface area contributed by atoms with Crippen molar-refractivity contribution >= 4 is 17.5 Å². The molecule has 2 nitrogen and oxygen atoms in total. The average Bonchev–Trinajstić information content (AvgIpc) is 2.04. The molecule has 0 aliphatic rings. The van der Waals surface area contributed by atoms with Gasteiger partial charge >= 0.3 is 0 Å². The molecule has 0 aromatic heterocycles. The molecule has 1 N–H and O–H groups in total.